The van der Waals surface area contributed by atoms with Crippen molar-refractivity contribution in [1.29, 1.82) is 0 Å². The molecule has 1 spiro atoms. The van der Waals surface area contributed by atoms with E-state index in [0.29, 0.717) is 23.2 Å². The molecule has 0 aromatic heterocycles. The van der Waals surface area contributed by atoms with Gasteiger partial charge in [0, 0.05) is 29.5 Å². The fourth-order valence-corrected chi connectivity index (χ4v) is 5.87. The summed E-state index contributed by atoms with van der Waals surface area (Å²) in [7, 11) is 3.81. The second-order valence-corrected chi connectivity index (χ2v) is 9.99. The topological polar surface area (TPSA) is 38.7 Å². The van der Waals surface area contributed by atoms with Crippen LogP contribution in [0.5, 0.6) is 11.5 Å². The van der Waals surface area contributed by atoms with Gasteiger partial charge in [-0.1, -0.05) is 24.3 Å². The number of aryl methyl sites for hydroxylation is 1. The van der Waals surface area contributed by atoms with Gasteiger partial charge >= 0.3 is 6.18 Å². The zero-order valence-electron chi connectivity index (χ0n) is 19.5. The number of nitrogens with zero attached hydrogens (tertiary/aromatic N) is 1. The number of hydrogen-bond donors (Lipinski definition) is 1. The summed E-state index contributed by atoms with van der Waals surface area (Å²) in [6, 6.07) is 7.53. The van der Waals surface area contributed by atoms with Gasteiger partial charge in [0.15, 0.2) is 11.5 Å². The van der Waals surface area contributed by atoms with Gasteiger partial charge in [-0.25, -0.2) is 0 Å². The Balaban J connectivity index is 0.00000274. The van der Waals surface area contributed by atoms with Gasteiger partial charge in [-0.2, -0.15) is 13.2 Å². The second kappa shape index (κ2) is 8.57. The quantitative estimate of drug-likeness (QED) is 0.478. The zero-order chi connectivity index (χ0) is 23.6. The molecule has 0 fully saturated rings. The van der Waals surface area contributed by atoms with Crippen molar-refractivity contribution in [3.05, 3.63) is 70.3 Å². The zero-order valence-corrected chi connectivity index (χ0v) is 21.0. The Kier molecular flexibility index (Phi) is 6.32. The Hall–Kier alpha value is -2.03. The van der Waals surface area contributed by atoms with Crippen LogP contribution in [0.1, 0.15) is 40.7 Å². The van der Waals surface area contributed by atoms with E-state index in [4.69, 9.17) is 9.47 Å². The Labute approximate surface area is 208 Å². The number of ether oxygens (including phenoxy) is 2. The van der Waals surface area contributed by atoms with E-state index in [1.807, 2.05) is 12.1 Å². The summed E-state index contributed by atoms with van der Waals surface area (Å²) in [4.78, 5) is 0. The molecule has 1 aliphatic carbocycles. The van der Waals surface area contributed by atoms with Crippen LogP contribution < -0.4 is 26.5 Å². The van der Waals surface area contributed by atoms with Gasteiger partial charge in [0.1, 0.15) is 19.2 Å². The van der Waals surface area contributed by atoms with Crippen molar-refractivity contribution >= 4 is 0 Å². The summed E-state index contributed by atoms with van der Waals surface area (Å²) in [5, 5.41) is 10.3. The van der Waals surface area contributed by atoms with E-state index in [-0.39, 0.29) is 28.5 Å². The molecular weight excluding hydrogens is 511 g/mol. The highest BCUT2D eigenvalue weighted by Crippen LogP contribution is 2.57. The highest BCUT2D eigenvalue weighted by Gasteiger charge is 2.55. The van der Waals surface area contributed by atoms with E-state index in [1.54, 1.807) is 19.2 Å². The minimum atomic E-state index is -4.33. The van der Waals surface area contributed by atoms with Crippen LogP contribution in [-0.4, -0.2) is 42.5 Å². The Morgan fingerprint density at radius 1 is 1.24 bits per heavy atom. The first-order valence-electron chi connectivity index (χ1n) is 11.3. The summed E-state index contributed by atoms with van der Waals surface area (Å²) >= 11 is 0. The molecule has 8 heteroatoms. The van der Waals surface area contributed by atoms with E-state index in [0.717, 1.165) is 42.0 Å². The van der Waals surface area contributed by atoms with Gasteiger partial charge < -0.3 is 36.0 Å². The molecular formula is C26H29BrF3NO3. The summed E-state index contributed by atoms with van der Waals surface area (Å²) in [5.74, 6) is 1.48. The van der Waals surface area contributed by atoms with E-state index < -0.39 is 17.8 Å². The molecule has 4 atom stereocenters. The van der Waals surface area contributed by atoms with Crippen LogP contribution in [0.25, 0.3) is 0 Å². The molecule has 3 aliphatic rings. The number of quaternary nitrogens is 1. The third-order valence-corrected chi connectivity index (χ3v) is 7.62. The number of benzene rings is 2. The molecule has 2 aromatic rings. The predicted octanol–water partition coefficient (Wildman–Crippen LogP) is 1.90. The SMILES string of the molecule is COc1cc(C)c2c3c1OC1C[C@H](O)C=CC31CC[N+](C)(Cc1ccc(C(F)(F)F)cc1)C2.[Br-]. The largest absolute Gasteiger partial charge is 1.00 e. The molecule has 2 aliphatic heterocycles. The molecule has 0 radical (unpaired) electrons. The smallest absolute Gasteiger partial charge is 0.416 e. The van der Waals surface area contributed by atoms with Gasteiger partial charge in [-0.05, 0) is 30.7 Å². The van der Waals surface area contributed by atoms with Gasteiger partial charge in [0.25, 0.3) is 0 Å². The van der Waals surface area contributed by atoms with Crippen molar-refractivity contribution in [1.82, 2.24) is 0 Å². The Morgan fingerprint density at radius 3 is 2.59 bits per heavy atom. The lowest BCUT2D eigenvalue weighted by Crippen LogP contribution is -3.00. The molecule has 3 unspecified atom stereocenters. The van der Waals surface area contributed by atoms with Crippen molar-refractivity contribution in [3.8, 4) is 11.5 Å². The lowest BCUT2D eigenvalue weighted by molar-refractivity contribution is -0.935. The first-order chi connectivity index (χ1) is 15.5. The summed E-state index contributed by atoms with van der Waals surface area (Å²) in [5.41, 5.74) is 3.41. The van der Waals surface area contributed by atoms with Crippen LogP contribution in [-0.2, 0) is 24.7 Å². The third-order valence-electron chi connectivity index (χ3n) is 7.62. The number of rotatable bonds is 3. The van der Waals surface area contributed by atoms with E-state index in [9.17, 15) is 18.3 Å². The molecule has 2 aromatic carbocycles. The number of aliphatic hydroxyl groups excluding tert-OH is 1. The van der Waals surface area contributed by atoms with Gasteiger partial charge in [-0.3, -0.25) is 0 Å². The average Bonchev–Trinajstić information content (AvgIpc) is 3.01. The fourth-order valence-electron chi connectivity index (χ4n) is 5.87. The first-order valence-corrected chi connectivity index (χ1v) is 11.3. The average molecular weight is 540 g/mol. The minimum absolute atomic E-state index is 0. The number of hydrogen-bond acceptors (Lipinski definition) is 3. The van der Waals surface area contributed by atoms with Crippen LogP contribution in [0.4, 0.5) is 13.2 Å². The van der Waals surface area contributed by atoms with Crippen LogP contribution in [0, 0.1) is 6.92 Å². The normalized spacial score (nSPS) is 29.4. The molecule has 0 bridgehead atoms. The lowest BCUT2D eigenvalue weighted by atomic mass is 9.68. The summed E-state index contributed by atoms with van der Waals surface area (Å²) in [6.45, 7) is 4.28. The lowest BCUT2D eigenvalue weighted by Gasteiger charge is -2.37. The number of methoxy groups -OCH3 is 1. The first kappa shape index (κ1) is 25.1. The van der Waals surface area contributed by atoms with E-state index >= 15 is 0 Å². The predicted molar refractivity (Wildman–Crippen MR) is 118 cm³/mol. The van der Waals surface area contributed by atoms with Crippen LogP contribution in [0.2, 0.25) is 0 Å². The van der Waals surface area contributed by atoms with Crippen molar-refractivity contribution in [2.75, 3.05) is 20.7 Å². The van der Waals surface area contributed by atoms with E-state index in [2.05, 4.69) is 20.0 Å². The van der Waals surface area contributed by atoms with Crippen molar-refractivity contribution in [2.45, 2.75) is 56.7 Å². The van der Waals surface area contributed by atoms with Gasteiger partial charge in [0.2, 0.25) is 0 Å². The van der Waals surface area contributed by atoms with Crippen molar-refractivity contribution < 1.29 is 49.2 Å². The third kappa shape index (κ3) is 4.03. The van der Waals surface area contributed by atoms with Crippen LogP contribution >= 0.6 is 0 Å². The van der Waals surface area contributed by atoms with Crippen molar-refractivity contribution in [3.63, 3.8) is 0 Å². The maximum absolute atomic E-state index is 13.0. The number of halogens is 4. The second-order valence-electron chi connectivity index (χ2n) is 9.99. The van der Waals surface area contributed by atoms with Gasteiger partial charge in [-0.15, -0.1) is 0 Å². The molecule has 0 amide bonds. The molecule has 2 heterocycles. The summed E-state index contributed by atoms with van der Waals surface area (Å²) in [6.07, 6.45) is 0.301. The van der Waals surface area contributed by atoms with Crippen molar-refractivity contribution in [2.24, 2.45) is 0 Å². The van der Waals surface area contributed by atoms with E-state index in [1.165, 1.54) is 17.7 Å². The standard InChI is InChI=1S/C26H29F3NO3.BrH/c1-16-12-21(32-3)24-23-20(16)15-30(2,14-17-4-6-18(7-5-17)26(27,28)29)11-10-25(23)9-8-19(31)13-22(25)33-24;/h4-9,12,19,22,31H,10-11,13-15H2,1-3H3;1H/q+1;/p-1/t19-,22?,25?,30?;/m1./s1. The maximum Gasteiger partial charge on any atom is 0.416 e. The molecule has 184 valence electrons. The fraction of sp³-hybridized carbons (Fsp3) is 0.462. The van der Waals surface area contributed by atoms with Crippen LogP contribution in [0.15, 0.2) is 42.5 Å². The Morgan fingerprint density at radius 2 is 1.94 bits per heavy atom. The molecule has 4 nitrogen and oxygen atoms in total. The number of aliphatic hydroxyl groups is 1. The highest BCUT2D eigenvalue weighted by atomic mass is 79.9. The molecule has 0 saturated carbocycles. The molecule has 0 saturated heterocycles. The maximum atomic E-state index is 13.0. The molecule has 1 N–H and O–H groups in total. The number of alkyl halides is 3. The molecule has 34 heavy (non-hydrogen) atoms. The monoisotopic (exact) mass is 539 g/mol. The Bertz CT molecular complexity index is 1120. The molecule has 5 rings (SSSR count). The minimum Gasteiger partial charge on any atom is -1.00 e. The summed E-state index contributed by atoms with van der Waals surface area (Å²) < 4.78 is 51.7. The van der Waals surface area contributed by atoms with Crippen LogP contribution in [0.3, 0.4) is 0 Å². The van der Waals surface area contributed by atoms with Gasteiger partial charge in [0.05, 0.1) is 37.8 Å². The highest BCUT2D eigenvalue weighted by molar-refractivity contribution is 5.63.